The van der Waals surface area contributed by atoms with Crippen molar-refractivity contribution in [2.24, 2.45) is 0 Å². The zero-order chi connectivity index (χ0) is 17.8. The Morgan fingerprint density at radius 1 is 1.12 bits per heavy atom. The molecule has 25 heavy (non-hydrogen) atoms. The van der Waals surface area contributed by atoms with Crippen molar-refractivity contribution in [3.63, 3.8) is 0 Å². The molecular formula is C18H25N3O3S. The van der Waals surface area contributed by atoms with Gasteiger partial charge in [-0.3, -0.25) is 4.79 Å². The van der Waals surface area contributed by atoms with Gasteiger partial charge in [-0.1, -0.05) is 6.07 Å². The van der Waals surface area contributed by atoms with E-state index in [0.29, 0.717) is 18.7 Å². The van der Waals surface area contributed by atoms with E-state index in [1.54, 1.807) is 0 Å². The zero-order valence-electron chi connectivity index (χ0n) is 14.6. The zero-order valence-corrected chi connectivity index (χ0v) is 15.4. The Morgan fingerprint density at radius 3 is 2.36 bits per heavy atom. The predicted octanol–water partition coefficient (Wildman–Crippen LogP) is 1.98. The number of benzene rings is 1. The third kappa shape index (κ3) is 4.46. The van der Waals surface area contributed by atoms with Crippen LogP contribution in [0.25, 0.3) is 0 Å². The third-order valence-corrected chi connectivity index (χ3v) is 5.87. The molecule has 0 heterocycles. The summed E-state index contributed by atoms with van der Waals surface area (Å²) in [5, 5.41) is 5.62. The van der Waals surface area contributed by atoms with Gasteiger partial charge in [0.15, 0.2) is 0 Å². The lowest BCUT2D eigenvalue weighted by molar-refractivity contribution is -0.118. The lowest BCUT2D eigenvalue weighted by Crippen LogP contribution is -2.37. The van der Waals surface area contributed by atoms with E-state index in [1.807, 2.05) is 0 Å². The molecule has 2 aliphatic carbocycles. The maximum atomic E-state index is 12.3. The Bertz CT molecular complexity index is 646. The van der Waals surface area contributed by atoms with Gasteiger partial charge in [-0.15, -0.1) is 0 Å². The second kappa shape index (κ2) is 8.10. The summed E-state index contributed by atoms with van der Waals surface area (Å²) >= 11 is -1.45. The van der Waals surface area contributed by atoms with Crippen LogP contribution in [0.2, 0.25) is 0 Å². The van der Waals surface area contributed by atoms with Gasteiger partial charge in [0, 0.05) is 25.6 Å². The molecule has 0 spiro atoms. The van der Waals surface area contributed by atoms with Crippen molar-refractivity contribution in [3.05, 3.63) is 28.3 Å². The summed E-state index contributed by atoms with van der Waals surface area (Å²) in [6.07, 6.45) is 6.97. The highest BCUT2D eigenvalue weighted by atomic mass is 32.2. The van der Waals surface area contributed by atoms with Crippen LogP contribution in [0.5, 0.6) is 0 Å². The van der Waals surface area contributed by atoms with Crippen LogP contribution in [0.1, 0.15) is 48.4 Å². The van der Waals surface area contributed by atoms with Crippen molar-refractivity contribution in [3.8, 4) is 0 Å². The minimum Gasteiger partial charge on any atom is -0.593 e. The van der Waals surface area contributed by atoms with Gasteiger partial charge >= 0.3 is 6.03 Å². The second-order valence-electron chi connectivity index (χ2n) is 6.68. The summed E-state index contributed by atoms with van der Waals surface area (Å²) in [7, 11) is 0. The number of hydrogen-bond donors (Lipinski definition) is 3. The van der Waals surface area contributed by atoms with Crippen LogP contribution >= 0.6 is 0 Å². The van der Waals surface area contributed by atoms with Crippen molar-refractivity contribution >= 4 is 29.0 Å². The number of amides is 3. The number of urea groups is 1. The number of anilines is 1. The highest BCUT2D eigenvalue weighted by Crippen LogP contribution is 2.38. The van der Waals surface area contributed by atoms with Gasteiger partial charge < -0.3 is 15.2 Å². The molecule has 0 bridgehead atoms. The minimum absolute atomic E-state index is 0.108. The van der Waals surface area contributed by atoms with Crippen molar-refractivity contribution in [2.45, 2.75) is 51.9 Å². The maximum Gasteiger partial charge on any atom is 0.360 e. The Labute approximate surface area is 151 Å². The van der Waals surface area contributed by atoms with E-state index >= 15 is 0 Å². The number of rotatable bonds is 6. The van der Waals surface area contributed by atoms with Gasteiger partial charge in [-0.25, -0.2) is 4.79 Å². The number of hydrogen-bond acceptors (Lipinski definition) is 3. The van der Waals surface area contributed by atoms with E-state index in [9.17, 15) is 14.1 Å². The molecule has 0 aromatic heterocycles. The first-order valence-corrected chi connectivity index (χ1v) is 10.2. The molecule has 3 rings (SSSR count). The number of aryl methyl sites for hydroxylation is 2. The molecule has 1 atom stereocenters. The van der Waals surface area contributed by atoms with Gasteiger partial charge in [0.2, 0.25) is 5.91 Å². The van der Waals surface area contributed by atoms with Crippen LogP contribution in [0, 0.1) is 0 Å². The standard InChI is InChI=1S/C18H25N3O3S/c1-12(22)19-9-4-10-25(24)21-18(23)20-17-15-7-2-5-13(15)11-14-6-3-8-16(14)17/h11H,2-10H2,1H3,(H,19,22)(H2,20,21,23). The first kappa shape index (κ1) is 18.1. The molecule has 3 N–H and O–H groups in total. The first-order chi connectivity index (χ1) is 12.0. The fourth-order valence-corrected chi connectivity index (χ4v) is 4.49. The summed E-state index contributed by atoms with van der Waals surface area (Å²) in [5.41, 5.74) is 6.18. The molecule has 136 valence electrons. The fraction of sp³-hybridized carbons (Fsp3) is 0.556. The van der Waals surface area contributed by atoms with Gasteiger partial charge in [-0.05, 0) is 60.8 Å². The average Bonchev–Trinajstić information content (AvgIpc) is 3.19. The Morgan fingerprint density at radius 2 is 1.76 bits per heavy atom. The van der Waals surface area contributed by atoms with Gasteiger partial charge in [0.05, 0.1) is 11.4 Å². The molecule has 0 fully saturated rings. The maximum absolute atomic E-state index is 12.3. The van der Waals surface area contributed by atoms with Gasteiger partial charge in [-0.2, -0.15) is 4.72 Å². The van der Waals surface area contributed by atoms with Crippen molar-refractivity contribution < 1.29 is 14.1 Å². The molecule has 0 saturated carbocycles. The van der Waals surface area contributed by atoms with Crippen LogP contribution in [0.15, 0.2) is 6.07 Å². The van der Waals surface area contributed by atoms with Crippen LogP contribution in [-0.4, -0.2) is 28.8 Å². The fourth-order valence-electron chi connectivity index (χ4n) is 3.73. The summed E-state index contributed by atoms with van der Waals surface area (Å²) in [6, 6.07) is 1.90. The number of carbonyl (C=O) groups excluding carboxylic acids is 2. The largest absolute Gasteiger partial charge is 0.593 e. The Hall–Kier alpha value is -1.73. The molecule has 2 aliphatic rings. The van der Waals surface area contributed by atoms with E-state index < -0.39 is 17.4 Å². The third-order valence-electron chi connectivity index (χ3n) is 4.80. The molecule has 1 unspecified atom stereocenters. The van der Waals surface area contributed by atoms with E-state index in [2.05, 4.69) is 21.4 Å². The summed E-state index contributed by atoms with van der Waals surface area (Å²) in [6.45, 7) is 1.91. The number of fused-ring (bicyclic) bond motifs is 2. The first-order valence-electron chi connectivity index (χ1n) is 8.91. The predicted molar refractivity (Wildman–Crippen MR) is 99.0 cm³/mol. The summed E-state index contributed by atoms with van der Waals surface area (Å²) < 4.78 is 14.5. The van der Waals surface area contributed by atoms with Gasteiger partial charge in [0.25, 0.3) is 0 Å². The summed E-state index contributed by atoms with van der Waals surface area (Å²) in [5.74, 6) is 0.210. The van der Waals surface area contributed by atoms with Crippen molar-refractivity contribution in [1.82, 2.24) is 10.0 Å². The molecule has 3 amide bonds. The molecule has 7 heteroatoms. The molecular weight excluding hydrogens is 338 g/mol. The van der Waals surface area contributed by atoms with Gasteiger partial charge in [0.1, 0.15) is 5.75 Å². The average molecular weight is 363 g/mol. The highest BCUT2D eigenvalue weighted by molar-refractivity contribution is 7.90. The molecule has 1 aromatic rings. The molecule has 0 radical (unpaired) electrons. The van der Waals surface area contributed by atoms with E-state index in [-0.39, 0.29) is 5.91 Å². The normalized spacial score (nSPS) is 16.1. The number of carbonyl (C=O) groups is 2. The summed E-state index contributed by atoms with van der Waals surface area (Å²) in [4.78, 5) is 23.1. The van der Waals surface area contributed by atoms with Crippen LogP contribution in [0.3, 0.4) is 0 Å². The topological polar surface area (TPSA) is 93.3 Å². The second-order valence-corrected chi connectivity index (χ2v) is 7.98. The molecule has 0 saturated heterocycles. The molecule has 1 aromatic carbocycles. The van der Waals surface area contributed by atoms with E-state index in [1.165, 1.54) is 29.2 Å². The lowest BCUT2D eigenvalue weighted by atomic mass is 9.99. The van der Waals surface area contributed by atoms with E-state index in [0.717, 1.165) is 44.2 Å². The smallest absolute Gasteiger partial charge is 0.360 e. The SMILES string of the molecule is CC(=O)NCCC[S+]([O-])NC(=O)Nc1c2c(cc3c1CCC3)CCC2. The van der Waals surface area contributed by atoms with Crippen LogP contribution < -0.4 is 15.4 Å². The Balaban J connectivity index is 1.58. The molecule has 0 aliphatic heterocycles. The quantitative estimate of drug-likeness (QED) is 0.533. The molecule has 6 nitrogen and oxygen atoms in total. The highest BCUT2D eigenvalue weighted by Gasteiger charge is 2.25. The van der Waals surface area contributed by atoms with Crippen LogP contribution in [0.4, 0.5) is 10.5 Å². The van der Waals surface area contributed by atoms with Crippen molar-refractivity contribution in [2.75, 3.05) is 17.6 Å². The van der Waals surface area contributed by atoms with E-state index in [4.69, 9.17) is 0 Å². The van der Waals surface area contributed by atoms with Crippen LogP contribution in [-0.2, 0) is 41.8 Å². The van der Waals surface area contributed by atoms with Crippen molar-refractivity contribution in [1.29, 1.82) is 0 Å². The minimum atomic E-state index is -1.45. The Kier molecular flexibility index (Phi) is 5.86. The lowest BCUT2D eigenvalue weighted by Gasteiger charge is -2.17. The number of nitrogens with one attached hydrogen (secondary N) is 3. The monoisotopic (exact) mass is 363 g/mol.